The van der Waals surface area contributed by atoms with Crippen LogP contribution < -0.4 is 15.9 Å². The second kappa shape index (κ2) is 9.45. The Bertz CT molecular complexity index is 1200. The third-order valence-corrected chi connectivity index (χ3v) is 7.90. The fourth-order valence-electron chi connectivity index (χ4n) is 3.77. The van der Waals surface area contributed by atoms with E-state index in [-0.39, 0.29) is 19.8 Å². The van der Waals surface area contributed by atoms with E-state index in [2.05, 4.69) is 102 Å². The Morgan fingerprint density at radius 3 is 1.90 bits per heavy atom. The number of rotatable bonds is 4. The van der Waals surface area contributed by atoms with Gasteiger partial charge in [-0.25, -0.2) is 0 Å². The Balaban J connectivity index is 0.00000218. The molecule has 0 saturated heterocycles. The van der Waals surface area contributed by atoms with E-state index in [0.717, 1.165) is 11.3 Å². The van der Waals surface area contributed by atoms with Crippen molar-refractivity contribution in [3.05, 3.63) is 121 Å². The first-order valence-corrected chi connectivity index (χ1v) is 11.2. The second-order valence-electron chi connectivity index (χ2n) is 6.96. The normalized spacial score (nSPS) is 10.7. The first kappa shape index (κ1) is 20.6. The Morgan fingerprint density at radius 2 is 1.27 bits per heavy atom. The van der Waals surface area contributed by atoms with Crippen molar-refractivity contribution in [1.29, 1.82) is 0 Å². The number of aromatic nitrogens is 1. The largest absolute Gasteiger partial charge is 1.00 e. The molecule has 0 aliphatic carbocycles. The molecule has 0 N–H and O–H groups in total. The van der Waals surface area contributed by atoms with E-state index in [9.17, 15) is 0 Å². The maximum atomic E-state index is 4.52. The van der Waals surface area contributed by atoms with Crippen LogP contribution in [0.4, 0.5) is 0 Å². The van der Waals surface area contributed by atoms with Gasteiger partial charge in [0.2, 0.25) is 0 Å². The molecule has 0 aliphatic heterocycles. The van der Waals surface area contributed by atoms with Crippen molar-refractivity contribution in [3.63, 3.8) is 0 Å². The standard InChI is InChI=1S/C27H19NP.Os/c1-3-11-23(12-4-1)29(24-13-5-2-6-14-24)27-16-9-10-21-17-18-22(20-25(21)27)26-15-7-8-19-28-26;/h1-19H;/q-1;+1/p+1. The average Bonchev–Trinajstić information content (AvgIpc) is 2.81. The summed E-state index contributed by atoms with van der Waals surface area (Å²) in [6, 6.07) is 42.4. The summed E-state index contributed by atoms with van der Waals surface area (Å²) in [4.78, 5) is 4.52. The van der Waals surface area contributed by atoms with Gasteiger partial charge in [-0.3, -0.25) is 4.98 Å². The van der Waals surface area contributed by atoms with E-state index in [1.807, 2.05) is 24.4 Å². The van der Waals surface area contributed by atoms with E-state index in [1.54, 1.807) is 0 Å². The summed E-state index contributed by atoms with van der Waals surface area (Å²) in [5.74, 6) is 0. The van der Waals surface area contributed by atoms with E-state index in [0.29, 0.717) is 0 Å². The minimum Gasteiger partial charge on any atom is -0.295 e. The fourth-order valence-corrected chi connectivity index (χ4v) is 6.49. The van der Waals surface area contributed by atoms with Crippen molar-refractivity contribution in [2.75, 3.05) is 0 Å². The summed E-state index contributed by atoms with van der Waals surface area (Å²) in [6.07, 6.45) is 1.84. The van der Waals surface area contributed by atoms with E-state index >= 15 is 0 Å². The van der Waals surface area contributed by atoms with E-state index in [4.69, 9.17) is 0 Å². The van der Waals surface area contributed by atoms with Gasteiger partial charge in [-0.15, -0.1) is 18.2 Å². The molecule has 1 radical (unpaired) electrons. The quantitative estimate of drug-likeness (QED) is 0.211. The topological polar surface area (TPSA) is 12.9 Å². The molecule has 30 heavy (non-hydrogen) atoms. The van der Waals surface area contributed by atoms with Gasteiger partial charge in [-0.1, -0.05) is 83.1 Å². The molecule has 0 saturated carbocycles. The van der Waals surface area contributed by atoms with Crippen molar-refractivity contribution in [3.8, 4) is 11.3 Å². The van der Waals surface area contributed by atoms with Crippen LogP contribution in [0.3, 0.4) is 0 Å². The molecule has 0 fully saturated rings. The van der Waals surface area contributed by atoms with Crippen molar-refractivity contribution in [2.24, 2.45) is 0 Å². The van der Waals surface area contributed by atoms with Crippen LogP contribution >= 0.6 is 7.92 Å². The predicted molar refractivity (Wildman–Crippen MR) is 126 cm³/mol. The molecular formula is C27H20NOsP+. The predicted octanol–water partition coefficient (Wildman–Crippen LogP) is 5.19. The van der Waals surface area contributed by atoms with E-state index in [1.165, 1.54) is 26.7 Å². The van der Waals surface area contributed by atoms with Gasteiger partial charge in [0.05, 0.1) is 18.5 Å². The molecule has 5 aromatic rings. The molecule has 1 aromatic heterocycles. The number of nitrogens with zero attached hydrogens (tertiary/aromatic N) is 1. The molecule has 145 valence electrons. The summed E-state index contributed by atoms with van der Waals surface area (Å²) < 4.78 is 0. The minimum absolute atomic E-state index is 0. The molecule has 4 aromatic carbocycles. The number of fused-ring (bicyclic) bond motifs is 1. The molecule has 0 unspecified atom stereocenters. The molecule has 0 aliphatic rings. The van der Waals surface area contributed by atoms with Gasteiger partial charge in [0.1, 0.15) is 0 Å². The maximum Gasteiger partial charge on any atom is 1.00 e. The third kappa shape index (κ3) is 4.13. The number of hydrogen-bond acceptors (Lipinski definition) is 1. The van der Waals surface area contributed by atoms with Crippen LogP contribution in [0, 0.1) is 6.07 Å². The van der Waals surface area contributed by atoms with Crippen LogP contribution in [-0.2, 0) is 19.8 Å². The number of benzene rings is 4. The first-order chi connectivity index (χ1) is 14.4. The Labute approximate surface area is 191 Å². The summed E-state index contributed by atoms with van der Waals surface area (Å²) in [5.41, 5.74) is 1.99. The number of pyridine rings is 1. The molecule has 3 heteroatoms. The minimum atomic E-state index is -1.15. The summed E-state index contributed by atoms with van der Waals surface area (Å²) in [5, 5.41) is 6.54. The molecule has 0 amide bonds. The molecule has 1 nitrogen and oxygen atoms in total. The summed E-state index contributed by atoms with van der Waals surface area (Å²) >= 11 is 0. The Hall–Kier alpha value is -2.64. The van der Waals surface area contributed by atoms with Crippen molar-refractivity contribution >= 4 is 34.6 Å². The van der Waals surface area contributed by atoms with Gasteiger partial charge >= 0.3 is 19.8 Å². The third-order valence-electron chi connectivity index (χ3n) is 5.12. The Kier molecular flexibility index (Phi) is 6.49. The second-order valence-corrected chi connectivity index (χ2v) is 9.41. The van der Waals surface area contributed by atoms with E-state index < -0.39 is 7.92 Å². The van der Waals surface area contributed by atoms with Crippen LogP contribution in [0.1, 0.15) is 0 Å². The van der Waals surface area contributed by atoms with Crippen LogP contribution in [0.25, 0.3) is 22.0 Å². The fraction of sp³-hybridized carbons (Fsp3) is 0. The smallest absolute Gasteiger partial charge is 0.295 e. The molecule has 5 rings (SSSR count). The summed E-state index contributed by atoms with van der Waals surface area (Å²) in [6.45, 7) is 0. The van der Waals surface area contributed by atoms with Crippen LogP contribution in [0.2, 0.25) is 0 Å². The van der Waals surface area contributed by atoms with Gasteiger partial charge in [-0.2, -0.15) is 0 Å². The SMILES string of the molecule is [Os+].[c-]1c(-c2ccccn2)ccc2cccc([PH+](c3ccccc3)c3ccccc3)c12. The molecule has 1 heterocycles. The molecule has 0 atom stereocenters. The average molecular weight is 580 g/mol. The zero-order valence-electron chi connectivity index (χ0n) is 16.3. The molecule has 0 spiro atoms. The molecule has 0 bridgehead atoms. The van der Waals surface area contributed by atoms with Crippen molar-refractivity contribution in [1.82, 2.24) is 4.98 Å². The first-order valence-electron chi connectivity index (χ1n) is 9.75. The van der Waals surface area contributed by atoms with Crippen LogP contribution in [-0.4, -0.2) is 4.98 Å². The Morgan fingerprint density at radius 1 is 0.600 bits per heavy atom. The summed E-state index contributed by atoms with van der Waals surface area (Å²) in [7, 11) is -1.15. The van der Waals surface area contributed by atoms with Gasteiger partial charge in [0.25, 0.3) is 0 Å². The number of hydrogen-bond donors (Lipinski definition) is 0. The van der Waals surface area contributed by atoms with Crippen LogP contribution in [0.5, 0.6) is 0 Å². The zero-order valence-corrected chi connectivity index (χ0v) is 19.8. The van der Waals surface area contributed by atoms with Gasteiger partial charge < -0.3 is 0 Å². The van der Waals surface area contributed by atoms with Crippen molar-refractivity contribution in [2.45, 2.75) is 0 Å². The molecular weight excluding hydrogens is 560 g/mol. The van der Waals surface area contributed by atoms with Crippen LogP contribution in [0.15, 0.2) is 115 Å². The zero-order chi connectivity index (χ0) is 19.5. The maximum absolute atomic E-state index is 4.52. The van der Waals surface area contributed by atoms with Gasteiger partial charge in [-0.05, 0) is 30.3 Å². The monoisotopic (exact) mass is 581 g/mol. The van der Waals surface area contributed by atoms with Gasteiger partial charge in [0.15, 0.2) is 0 Å². The van der Waals surface area contributed by atoms with Crippen molar-refractivity contribution < 1.29 is 19.8 Å². The van der Waals surface area contributed by atoms with Gasteiger partial charge in [0, 0.05) is 17.2 Å².